The topological polar surface area (TPSA) is 72.9 Å². The van der Waals surface area contributed by atoms with E-state index in [9.17, 15) is 14.4 Å². The molecular formula is C25H18BrNO5. The predicted octanol–water partition coefficient (Wildman–Crippen LogP) is 4.24. The van der Waals surface area contributed by atoms with E-state index >= 15 is 0 Å². The highest BCUT2D eigenvalue weighted by Crippen LogP contribution is 2.53. The van der Waals surface area contributed by atoms with Crippen LogP contribution in [0, 0.1) is 5.92 Å². The summed E-state index contributed by atoms with van der Waals surface area (Å²) in [7, 11) is 1.53. The SMILES string of the molecule is COc1ccc2c(c1)[C@@](c1ccccc1)([C@@H]1CC(=O)N(c3ccc(Br)cc3)C1=O)C(=O)O2. The van der Waals surface area contributed by atoms with Crippen LogP contribution in [-0.2, 0) is 19.8 Å². The molecule has 0 bridgehead atoms. The minimum atomic E-state index is -1.46. The molecule has 0 aliphatic carbocycles. The van der Waals surface area contributed by atoms with Crippen molar-refractivity contribution in [1.29, 1.82) is 0 Å². The highest BCUT2D eigenvalue weighted by atomic mass is 79.9. The van der Waals surface area contributed by atoms with Crippen LogP contribution >= 0.6 is 15.9 Å². The quantitative estimate of drug-likeness (QED) is 0.310. The van der Waals surface area contributed by atoms with Crippen molar-refractivity contribution in [2.24, 2.45) is 5.92 Å². The summed E-state index contributed by atoms with van der Waals surface area (Å²) in [6, 6.07) is 21.0. The minimum absolute atomic E-state index is 0.116. The Morgan fingerprint density at radius 1 is 1.00 bits per heavy atom. The summed E-state index contributed by atoms with van der Waals surface area (Å²) in [5.41, 5.74) is 0.130. The first-order chi connectivity index (χ1) is 15.5. The highest BCUT2D eigenvalue weighted by molar-refractivity contribution is 9.10. The van der Waals surface area contributed by atoms with E-state index in [0.29, 0.717) is 28.3 Å². The third-order valence-electron chi connectivity index (χ3n) is 6.12. The van der Waals surface area contributed by atoms with Crippen molar-refractivity contribution in [2.75, 3.05) is 12.0 Å². The zero-order valence-electron chi connectivity index (χ0n) is 17.1. The second-order valence-corrected chi connectivity index (χ2v) is 8.64. The van der Waals surface area contributed by atoms with Gasteiger partial charge in [0.05, 0.1) is 18.7 Å². The van der Waals surface area contributed by atoms with E-state index < -0.39 is 23.2 Å². The average Bonchev–Trinajstić information content (AvgIpc) is 3.27. The van der Waals surface area contributed by atoms with Crippen molar-refractivity contribution in [2.45, 2.75) is 11.8 Å². The average molecular weight is 492 g/mol. The Balaban J connectivity index is 1.71. The number of imide groups is 1. The van der Waals surface area contributed by atoms with E-state index in [1.165, 1.54) is 7.11 Å². The number of carbonyl (C=O) groups is 3. The molecule has 2 amide bonds. The molecule has 2 atom stereocenters. The van der Waals surface area contributed by atoms with Crippen molar-refractivity contribution >= 4 is 39.4 Å². The molecule has 2 aliphatic rings. The van der Waals surface area contributed by atoms with Gasteiger partial charge in [0, 0.05) is 16.5 Å². The lowest BCUT2D eigenvalue weighted by atomic mass is 9.65. The number of fused-ring (bicyclic) bond motifs is 1. The zero-order valence-corrected chi connectivity index (χ0v) is 18.7. The van der Waals surface area contributed by atoms with Crippen molar-refractivity contribution in [3.05, 3.63) is 88.4 Å². The van der Waals surface area contributed by atoms with Crippen LogP contribution < -0.4 is 14.4 Å². The fraction of sp³-hybridized carbons (Fsp3) is 0.160. The molecule has 1 saturated heterocycles. The molecule has 6 nitrogen and oxygen atoms in total. The summed E-state index contributed by atoms with van der Waals surface area (Å²) in [4.78, 5) is 41.5. The van der Waals surface area contributed by atoms with Gasteiger partial charge in [-0.1, -0.05) is 46.3 Å². The molecule has 2 aliphatic heterocycles. The maximum atomic E-state index is 13.7. The standard InChI is InChI=1S/C25H18BrNO5/c1-31-18-11-12-21-19(13-18)25(24(30)32-21,15-5-3-2-4-6-15)20-14-22(28)27(23(20)29)17-9-7-16(26)8-10-17/h2-13,20H,14H2,1H3/t20-,25+/m1/s1. The lowest BCUT2D eigenvalue weighted by Gasteiger charge is -2.31. The number of esters is 1. The van der Waals surface area contributed by atoms with Gasteiger partial charge >= 0.3 is 5.97 Å². The number of nitrogens with zero attached hydrogens (tertiary/aromatic N) is 1. The summed E-state index contributed by atoms with van der Waals surface area (Å²) in [6.45, 7) is 0. The number of anilines is 1. The number of methoxy groups -OCH3 is 1. The Morgan fingerprint density at radius 2 is 1.72 bits per heavy atom. The summed E-state index contributed by atoms with van der Waals surface area (Å²) in [5.74, 6) is -1.43. The fourth-order valence-corrected chi connectivity index (χ4v) is 4.93. The Labute approximate surface area is 192 Å². The first-order valence-electron chi connectivity index (χ1n) is 10.1. The van der Waals surface area contributed by atoms with Gasteiger partial charge in [-0.05, 0) is 48.0 Å². The molecule has 160 valence electrons. The molecule has 32 heavy (non-hydrogen) atoms. The minimum Gasteiger partial charge on any atom is -0.497 e. The van der Waals surface area contributed by atoms with Crippen LogP contribution in [0.25, 0.3) is 0 Å². The third-order valence-corrected chi connectivity index (χ3v) is 6.65. The molecule has 3 aromatic carbocycles. The van der Waals surface area contributed by atoms with Crippen LogP contribution in [0.4, 0.5) is 5.69 Å². The van der Waals surface area contributed by atoms with Gasteiger partial charge in [0.25, 0.3) is 0 Å². The fourth-order valence-electron chi connectivity index (χ4n) is 4.66. The van der Waals surface area contributed by atoms with Crippen LogP contribution in [0.1, 0.15) is 17.5 Å². The largest absolute Gasteiger partial charge is 0.497 e. The van der Waals surface area contributed by atoms with Crippen LogP contribution in [0.5, 0.6) is 11.5 Å². The van der Waals surface area contributed by atoms with Gasteiger partial charge < -0.3 is 9.47 Å². The van der Waals surface area contributed by atoms with E-state index in [4.69, 9.17) is 9.47 Å². The highest BCUT2D eigenvalue weighted by Gasteiger charge is 2.62. The Hall–Kier alpha value is -3.45. The molecule has 0 N–H and O–H groups in total. The van der Waals surface area contributed by atoms with E-state index in [0.717, 1.165) is 9.37 Å². The van der Waals surface area contributed by atoms with Gasteiger partial charge in [-0.2, -0.15) is 0 Å². The Morgan fingerprint density at radius 3 is 2.41 bits per heavy atom. The monoisotopic (exact) mass is 491 g/mol. The van der Waals surface area contributed by atoms with Gasteiger partial charge in [0.1, 0.15) is 16.9 Å². The van der Waals surface area contributed by atoms with Gasteiger partial charge in [0.2, 0.25) is 11.8 Å². The number of rotatable bonds is 4. The maximum absolute atomic E-state index is 13.7. The number of amides is 2. The van der Waals surface area contributed by atoms with E-state index in [1.54, 1.807) is 66.7 Å². The van der Waals surface area contributed by atoms with Crippen LogP contribution in [0.3, 0.4) is 0 Å². The first-order valence-corrected chi connectivity index (χ1v) is 10.8. The van der Waals surface area contributed by atoms with Crippen molar-refractivity contribution < 1.29 is 23.9 Å². The van der Waals surface area contributed by atoms with Crippen molar-refractivity contribution in [3.8, 4) is 11.5 Å². The summed E-state index contributed by atoms with van der Waals surface area (Å²) < 4.78 is 11.9. The van der Waals surface area contributed by atoms with Crippen molar-refractivity contribution in [3.63, 3.8) is 0 Å². The number of hydrogen-bond acceptors (Lipinski definition) is 5. The number of halogens is 1. The lowest BCUT2D eigenvalue weighted by Crippen LogP contribution is -2.46. The molecule has 0 saturated carbocycles. The summed E-state index contributed by atoms with van der Waals surface area (Å²) >= 11 is 3.37. The second-order valence-electron chi connectivity index (χ2n) is 7.73. The summed E-state index contributed by atoms with van der Waals surface area (Å²) in [5, 5.41) is 0. The van der Waals surface area contributed by atoms with Gasteiger partial charge in [-0.15, -0.1) is 0 Å². The van der Waals surface area contributed by atoms with E-state index in [2.05, 4.69) is 15.9 Å². The Bertz CT molecular complexity index is 1240. The molecule has 7 heteroatoms. The smallest absolute Gasteiger partial charge is 0.327 e. The normalized spacial score (nSPS) is 22.1. The Kier molecular flexibility index (Phi) is 4.86. The lowest BCUT2D eigenvalue weighted by molar-refractivity contribution is -0.141. The molecule has 5 rings (SSSR count). The van der Waals surface area contributed by atoms with Crippen molar-refractivity contribution in [1.82, 2.24) is 0 Å². The van der Waals surface area contributed by atoms with Gasteiger partial charge in [-0.25, -0.2) is 0 Å². The molecular weight excluding hydrogens is 474 g/mol. The number of ether oxygens (including phenoxy) is 2. The van der Waals surface area contributed by atoms with Crippen LogP contribution in [0.2, 0.25) is 0 Å². The number of hydrogen-bond donors (Lipinski definition) is 0. The van der Waals surface area contributed by atoms with E-state index in [-0.39, 0.29) is 12.3 Å². The molecule has 0 spiro atoms. The van der Waals surface area contributed by atoms with E-state index in [1.807, 2.05) is 6.07 Å². The second kappa shape index (κ2) is 7.60. The number of benzene rings is 3. The third kappa shape index (κ3) is 2.88. The number of carbonyl (C=O) groups excluding carboxylic acids is 3. The van der Waals surface area contributed by atoms with Gasteiger partial charge in [0.15, 0.2) is 0 Å². The predicted molar refractivity (Wildman–Crippen MR) is 121 cm³/mol. The van der Waals surface area contributed by atoms with Crippen LogP contribution in [0.15, 0.2) is 77.3 Å². The maximum Gasteiger partial charge on any atom is 0.327 e. The van der Waals surface area contributed by atoms with Crippen LogP contribution in [-0.4, -0.2) is 24.9 Å². The first kappa shape index (κ1) is 20.5. The molecule has 0 aromatic heterocycles. The molecule has 3 aromatic rings. The van der Waals surface area contributed by atoms with Gasteiger partial charge in [-0.3, -0.25) is 19.3 Å². The molecule has 0 unspecified atom stereocenters. The molecule has 2 heterocycles. The molecule has 1 fully saturated rings. The molecule has 0 radical (unpaired) electrons. The zero-order chi connectivity index (χ0) is 22.5. The summed E-state index contributed by atoms with van der Waals surface area (Å²) in [6.07, 6.45) is -0.116.